The zero-order valence-corrected chi connectivity index (χ0v) is 15.8. The standard InChI is InChI=1S/C19H20ClN5O3/c20-15-8-12(17(21)22)1-2-14(15)13-9-23-18(24-10-13)19(28)25-5-3-11(4-6-25)7-16(26)27/h1-2,8-11H,3-7H2,(H3,21,22)(H,26,27). The molecule has 1 aliphatic rings. The molecule has 0 spiro atoms. The van der Waals surface area contributed by atoms with Crippen LogP contribution in [-0.4, -0.2) is 50.8 Å². The van der Waals surface area contributed by atoms with E-state index in [9.17, 15) is 9.59 Å². The fraction of sp³-hybridized carbons (Fsp3) is 0.316. The van der Waals surface area contributed by atoms with Crippen molar-refractivity contribution >= 4 is 29.3 Å². The van der Waals surface area contributed by atoms with Gasteiger partial charge in [-0.3, -0.25) is 15.0 Å². The summed E-state index contributed by atoms with van der Waals surface area (Å²) in [6.45, 7) is 1.00. The molecule has 1 aromatic heterocycles. The summed E-state index contributed by atoms with van der Waals surface area (Å²) < 4.78 is 0. The first-order valence-electron chi connectivity index (χ1n) is 8.82. The van der Waals surface area contributed by atoms with Crippen LogP contribution in [0.25, 0.3) is 11.1 Å². The minimum absolute atomic E-state index is 0.0715. The zero-order chi connectivity index (χ0) is 20.3. The molecule has 4 N–H and O–H groups in total. The number of benzene rings is 1. The van der Waals surface area contributed by atoms with Gasteiger partial charge in [-0.1, -0.05) is 23.7 Å². The summed E-state index contributed by atoms with van der Waals surface area (Å²) in [6.07, 6.45) is 4.52. The lowest BCUT2D eigenvalue weighted by atomic mass is 9.93. The highest BCUT2D eigenvalue weighted by molar-refractivity contribution is 6.33. The number of aromatic nitrogens is 2. The van der Waals surface area contributed by atoms with Crippen LogP contribution in [0.1, 0.15) is 35.4 Å². The summed E-state index contributed by atoms with van der Waals surface area (Å²) in [6, 6.07) is 5.01. The zero-order valence-electron chi connectivity index (χ0n) is 15.1. The summed E-state index contributed by atoms with van der Waals surface area (Å²) >= 11 is 6.26. The lowest BCUT2D eigenvalue weighted by Crippen LogP contribution is -2.39. The third-order valence-corrected chi connectivity index (χ3v) is 5.11. The number of rotatable bonds is 5. The normalized spacial score (nSPS) is 14.7. The Labute approximate surface area is 166 Å². The van der Waals surface area contributed by atoms with Crippen LogP contribution in [0.5, 0.6) is 0 Å². The van der Waals surface area contributed by atoms with Crippen LogP contribution >= 0.6 is 11.6 Å². The highest BCUT2D eigenvalue weighted by Crippen LogP contribution is 2.28. The average Bonchev–Trinajstić information content (AvgIpc) is 2.67. The molecule has 8 nitrogen and oxygen atoms in total. The number of hydrogen-bond acceptors (Lipinski definition) is 5. The number of amides is 1. The summed E-state index contributed by atoms with van der Waals surface area (Å²) in [5.74, 6) is -0.948. The number of carbonyl (C=O) groups excluding carboxylic acids is 1. The fourth-order valence-electron chi connectivity index (χ4n) is 3.22. The lowest BCUT2D eigenvalue weighted by Gasteiger charge is -2.30. The van der Waals surface area contributed by atoms with Crippen LogP contribution in [0.2, 0.25) is 5.02 Å². The Bertz CT molecular complexity index is 908. The van der Waals surface area contributed by atoms with Gasteiger partial charge in [0.1, 0.15) is 5.84 Å². The third-order valence-electron chi connectivity index (χ3n) is 4.80. The molecule has 9 heteroatoms. The predicted octanol–water partition coefficient (Wildman–Crippen LogP) is 2.41. The molecule has 28 heavy (non-hydrogen) atoms. The minimum atomic E-state index is -0.807. The molecule has 0 saturated carbocycles. The molecule has 1 fully saturated rings. The first kappa shape index (κ1) is 19.8. The maximum atomic E-state index is 12.6. The highest BCUT2D eigenvalue weighted by Gasteiger charge is 2.26. The van der Waals surface area contributed by atoms with Crippen molar-refractivity contribution in [2.75, 3.05) is 13.1 Å². The van der Waals surface area contributed by atoms with Crippen molar-refractivity contribution < 1.29 is 14.7 Å². The number of halogens is 1. The smallest absolute Gasteiger partial charge is 0.303 e. The van der Waals surface area contributed by atoms with Crippen molar-refractivity contribution in [2.45, 2.75) is 19.3 Å². The van der Waals surface area contributed by atoms with Gasteiger partial charge in [-0.2, -0.15) is 0 Å². The van der Waals surface area contributed by atoms with Crippen molar-refractivity contribution in [3.63, 3.8) is 0 Å². The molecule has 146 valence electrons. The third kappa shape index (κ3) is 4.45. The number of nitrogen functional groups attached to an aromatic ring is 1. The topological polar surface area (TPSA) is 133 Å². The number of aliphatic carboxylic acids is 1. The van der Waals surface area contributed by atoms with Gasteiger partial charge in [0.25, 0.3) is 5.91 Å². The van der Waals surface area contributed by atoms with E-state index in [1.807, 2.05) is 0 Å². The van der Waals surface area contributed by atoms with Gasteiger partial charge in [0.05, 0.1) is 0 Å². The number of amidine groups is 1. The second-order valence-corrected chi connectivity index (χ2v) is 7.14. The van der Waals surface area contributed by atoms with Crippen LogP contribution in [-0.2, 0) is 4.79 Å². The summed E-state index contributed by atoms with van der Waals surface area (Å²) in [5, 5.41) is 16.7. The molecular weight excluding hydrogens is 382 g/mol. The maximum Gasteiger partial charge on any atom is 0.303 e. The van der Waals surface area contributed by atoms with Crippen molar-refractivity contribution in [1.29, 1.82) is 5.41 Å². The number of piperidine rings is 1. The molecular formula is C19H20ClN5O3. The lowest BCUT2D eigenvalue weighted by molar-refractivity contribution is -0.138. The monoisotopic (exact) mass is 401 g/mol. The minimum Gasteiger partial charge on any atom is -0.481 e. The number of likely N-dealkylation sites (tertiary alicyclic amines) is 1. The van der Waals surface area contributed by atoms with Crippen LogP contribution in [0.3, 0.4) is 0 Å². The Morgan fingerprint density at radius 3 is 2.43 bits per heavy atom. The summed E-state index contributed by atoms with van der Waals surface area (Å²) in [4.78, 5) is 33.4. The quantitative estimate of drug-likeness (QED) is 0.520. The molecule has 0 unspecified atom stereocenters. The van der Waals surface area contributed by atoms with Crippen LogP contribution in [0.15, 0.2) is 30.6 Å². The van der Waals surface area contributed by atoms with Gasteiger partial charge in [0.15, 0.2) is 0 Å². The number of carboxylic acid groups (broad SMARTS) is 1. The average molecular weight is 402 g/mol. The van der Waals surface area contributed by atoms with Crippen LogP contribution in [0.4, 0.5) is 0 Å². The largest absolute Gasteiger partial charge is 0.481 e. The first-order valence-corrected chi connectivity index (χ1v) is 9.20. The molecule has 1 aromatic carbocycles. The van der Waals surface area contributed by atoms with E-state index in [1.54, 1.807) is 23.1 Å². The first-order chi connectivity index (χ1) is 13.3. The van der Waals surface area contributed by atoms with Gasteiger partial charge in [-0.05, 0) is 24.8 Å². The Kier molecular flexibility index (Phi) is 5.89. The number of nitrogens with one attached hydrogen (secondary N) is 1. The van der Waals surface area contributed by atoms with Gasteiger partial charge in [-0.25, -0.2) is 9.97 Å². The van der Waals surface area contributed by atoms with E-state index in [4.69, 9.17) is 27.9 Å². The molecule has 1 aliphatic heterocycles. The van der Waals surface area contributed by atoms with Crippen LogP contribution in [0, 0.1) is 11.3 Å². The maximum absolute atomic E-state index is 12.6. The molecule has 0 radical (unpaired) electrons. The van der Waals surface area contributed by atoms with Gasteiger partial charge < -0.3 is 15.7 Å². The van der Waals surface area contributed by atoms with Crippen molar-refractivity contribution in [3.8, 4) is 11.1 Å². The molecule has 3 rings (SSSR count). The Hall–Kier alpha value is -3.00. The summed E-state index contributed by atoms with van der Waals surface area (Å²) in [5.41, 5.74) is 7.31. The molecule has 0 atom stereocenters. The van der Waals surface area contributed by atoms with E-state index in [1.165, 1.54) is 12.4 Å². The van der Waals surface area contributed by atoms with Crippen LogP contribution < -0.4 is 5.73 Å². The van der Waals surface area contributed by atoms with E-state index < -0.39 is 5.97 Å². The molecule has 0 bridgehead atoms. The number of nitrogens with zero attached hydrogens (tertiary/aromatic N) is 3. The van der Waals surface area contributed by atoms with E-state index in [0.29, 0.717) is 47.6 Å². The van der Waals surface area contributed by atoms with E-state index >= 15 is 0 Å². The fourth-order valence-corrected chi connectivity index (χ4v) is 3.51. The molecule has 1 saturated heterocycles. The molecule has 1 amide bonds. The number of carbonyl (C=O) groups is 2. The van der Waals surface area contributed by atoms with Crippen molar-refractivity contribution in [1.82, 2.24) is 14.9 Å². The predicted molar refractivity (Wildman–Crippen MR) is 104 cm³/mol. The summed E-state index contributed by atoms with van der Waals surface area (Å²) in [7, 11) is 0. The van der Waals surface area contributed by atoms with E-state index in [-0.39, 0.29) is 29.9 Å². The van der Waals surface area contributed by atoms with Crippen molar-refractivity contribution in [3.05, 3.63) is 47.0 Å². The van der Waals surface area contributed by atoms with Gasteiger partial charge in [0, 0.05) is 53.6 Å². The molecule has 2 aromatic rings. The highest BCUT2D eigenvalue weighted by atomic mass is 35.5. The van der Waals surface area contributed by atoms with E-state index in [0.717, 1.165) is 0 Å². The Morgan fingerprint density at radius 2 is 1.89 bits per heavy atom. The van der Waals surface area contributed by atoms with Gasteiger partial charge in [0.2, 0.25) is 5.82 Å². The molecule has 0 aliphatic carbocycles. The SMILES string of the molecule is N=C(N)c1ccc(-c2cnc(C(=O)N3CCC(CC(=O)O)CC3)nc2)c(Cl)c1. The Balaban J connectivity index is 1.68. The van der Waals surface area contributed by atoms with Crippen molar-refractivity contribution in [2.24, 2.45) is 11.7 Å². The number of hydrogen-bond donors (Lipinski definition) is 3. The van der Waals surface area contributed by atoms with Gasteiger partial charge in [-0.15, -0.1) is 0 Å². The number of carboxylic acids is 1. The second kappa shape index (κ2) is 8.35. The second-order valence-electron chi connectivity index (χ2n) is 6.74. The molecule has 2 heterocycles. The van der Waals surface area contributed by atoms with E-state index in [2.05, 4.69) is 9.97 Å². The Morgan fingerprint density at radius 1 is 1.25 bits per heavy atom. The van der Waals surface area contributed by atoms with Gasteiger partial charge >= 0.3 is 5.97 Å². The number of nitrogens with two attached hydrogens (primary N) is 1.